The number of halogens is 3. The molecule has 0 heterocycles. The number of aryl methyl sites for hydroxylation is 1. The van der Waals surface area contributed by atoms with Crippen molar-refractivity contribution in [1.82, 2.24) is 0 Å². The summed E-state index contributed by atoms with van der Waals surface area (Å²) in [6.45, 7) is 2.90. The highest BCUT2D eigenvalue weighted by molar-refractivity contribution is 5.76. The highest BCUT2D eigenvalue weighted by Crippen LogP contribution is 2.28. The van der Waals surface area contributed by atoms with Gasteiger partial charge in [0.2, 0.25) is 0 Å². The SMILES string of the molecule is CCOC(=O)C(O)c1cc(C)c(C(F)F)c(F)c1. The highest BCUT2D eigenvalue weighted by atomic mass is 19.3. The molecule has 0 amide bonds. The summed E-state index contributed by atoms with van der Waals surface area (Å²) in [6, 6.07) is 1.86. The first-order valence-electron chi connectivity index (χ1n) is 5.31. The largest absolute Gasteiger partial charge is 0.464 e. The minimum atomic E-state index is -2.95. The van der Waals surface area contributed by atoms with E-state index in [1.54, 1.807) is 6.92 Å². The van der Waals surface area contributed by atoms with Crippen LogP contribution in [0.3, 0.4) is 0 Å². The second kappa shape index (κ2) is 5.86. The average Bonchev–Trinajstić information content (AvgIpc) is 2.26. The molecular weight excluding hydrogens is 249 g/mol. The number of benzene rings is 1. The Bertz CT molecular complexity index is 423. The molecule has 18 heavy (non-hydrogen) atoms. The lowest BCUT2D eigenvalue weighted by molar-refractivity contribution is -0.153. The van der Waals surface area contributed by atoms with E-state index >= 15 is 0 Å². The molecule has 0 aliphatic heterocycles. The molecule has 0 saturated carbocycles. The number of carbonyl (C=O) groups excluding carboxylic acids is 1. The molecule has 1 atom stereocenters. The van der Waals surface area contributed by atoms with Crippen molar-refractivity contribution in [2.24, 2.45) is 0 Å². The second-order valence-electron chi connectivity index (χ2n) is 3.69. The smallest absolute Gasteiger partial charge is 0.339 e. The highest BCUT2D eigenvalue weighted by Gasteiger charge is 2.23. The van der Waals surface area contributed by atoms with Gasteiger partial charge in [-0.3, -0.25) is 0 Å². The zero-order valence-electron chi connectivity index (χ0n) is 9.91. The molecular formula is C12H13F3O3. The maximum absolute atomic E-state index is 13.4. The van der Waals surface area contributed by atoms with E-state index < -0.39 is 29.9 Å². The van der Waals surface area contributed by atoms with Crippen LogP contribution in [0.1, 0.15) is 36.1 Å². The lowest BCUT2D eigenvalue weighted by Crippen LogP contribution is -2.16. The maximum atomic E-state index is 13.4. The van der Waals surface area contributed by atoms with Gasteiger partial charge in [-0.1, -0.05) is 6.07 Å². The van der Waals surface area contributed by atoms with Crippen molar-refractivity contribution in [1.29, 1.82) is 0 Å². The summed E-state index contributed by atoms with van der Waals surface area (Å²) >= 11 is 0. The standard InChI is InChI=1S/C12H13F3O3/c1-3-18-12(17)10(16)7-4-6(2)9(11(14)15)8(13)5-7/h4-5,10-11,16H,3H2,1-2H3. The Morgan fingerprint density at radius 3 is 2.50 bits per heavy atom. The zero-order chi connectivity index (χ0) is 13.9. The fraction of sp³-hybridized carbons (Fsp3) is 0.417. The Hall–Kier alpha value is -1.56. The van der Waals surface area contributed by atoms with Crippen LogP contribution < -0.4 is 0 Å². The van der Waals surface area contributed by atoms with Crippen LogP contribution >= 0.6 is 0 Å². The fourth-order valence-electron chi connectivity index (χ4n) is 1.57. The third-order valence-electron chi connectivity index (χ3n) is 2.40. The maximum Gasteiger partial charge on any atom is 0.339 e. The summed E-state index contributed by atoms with van der Waals surface area (Å²) in [6.07, 6.45) is -4.62. The number of aliphatic hydroxyl groups is 1. The van der Waals surface area contributed by atoms with E-state index in [4.69, 9.17) is 0 Å². The molecule has 3 nitrogen and oxygen atoms in total. The monoisotopic (exact) mass is 262 g/mol. The van der Waals surface area contributed by atoms with Gasteiger partial charge in [-0.05, 0) is 31.0 Å². The summed E-state index contributed by atoms with van der Waals surface area (Å²) in [5.41, 5.74) is -0.856. The lowest BCUT2D eigenvalue weighted by Gasteiger charge is -2.13. The number of aliphatic hydroxyl groups excluding tert-OH is 1. The minimum absolute atomic E-state index is 0.0247. The molecule has 1 aromatic rings. The van der Waals surface area contributed by atoms with E-state index in [9.17, 15) is 23.1 Å². The fourth-order valence-corrected chi connectivity index (χ4v) is 1.57. The van der Waals surface area contributed by atoms with Gasteiger partial charge in [0.25, 0.3) is 6.43 Å². The Morgan fingerprint density at radius 2 is 2.06 bits per heavy atom. The molecule has 0 spiro atoms. The molecule has 1 N–H and O–H groups in total. The predicted molar refractivity (Wildman–Crippen MR) is 57.7 cm³/mol. The molecule has 0 bridgehead atoms. The Morgan fingerprint density at radius 1 is 1.44 bits per heavy atom. The molecule has 1 aromatic carbocycles. The van der Waals surface area contributed by atoms with Crippen LogP contribution in [0.4, 0.5) is 13.2 Å². The third kappa shape index (κ3) is 3.01. The summed E-state index contributed by atoms with van der Waals surface area (Å²) < 4.78 is 43.0. The van der Waals surface area contributed by atoms with Crippen molar-refractivity contribution >= 4 is 5.97 Å². The van der Waals surface area contributed by atoms with E-state index in [0.29, 0.717) is 0 Å². The molecule has 0 fully saturated rings. The zero-order valence-corrected chi connectivity index (χ0v) is 9.91. The Kier molecular flexibility index (Phi) is 4.72. The lowest BCUT2D eigenvalue weighted by atomic mass is 10.0. The van der Waals surface area contributed by atoms with Gasteiger partial charge in [-0.25, -0.2) is 18.0 Å². The number of hydrogen-bond donors (Lipinski definition) is 1. The Balaban J connectivity index is 3.10. The summed E-state index contributed by atoms with van der Waals surface area (Å²) in [5.74, 6) is -2.09. The first kappa shape index (κ1) is 14.5. The predicted octanol–water partition coefficient (Wildman–Crippen LogP) is 2.67. The number of rotatable bonds is 4. The molecule has 0 radical (unpaired) electrons. The van der Waals surface area contributed by atoms with Gasteiger partial charge in [0.05, 0.1) is 12.2 Å². The number of ether oxygens (including phenoxy) is 1. The third-order valence-corrected chi connectivity index (χ3v) is 2.40. The molecule has 6 heteroatoms. The van der Waals surface area contributed by atoms with Crippen molar-refractivity contribution in [3.8, 4) is 0 Å². The van der Waals surface area contributed by atoms with E-state index in [0.717, 1.165) is 12.1 Å². The molecule has 0 saturated heterocycles. The van der Waals surface area contributed by atoms with E-state index in [1.807, 2.05) is 0 Å². The Labute approximate surface area is 102 Å². The van der Waals surface area contributed by atoms with Crippen LogP contribution in [0.5, 0.6) is 0 Å². The normalized spacial score (nSPS) is 12.6. The molecule has 0 aliphatic rings. The van der Waals surface area contributed by atoms with Gasteiger partial charge >= 0.3 is 5.97 Å². The molecule has 0 aromatic heterocycles. The minimum Gasteiger partial charge on any atom is -0.464 e. The van der Waals surface area contributed by atoms with Crippen LogP contribution in [-0.4, -0.2) is 17.7 Å². The van der Waals surface area contributed by atoms with Gasteiger partial charge in [0.15, 0.2) is 6.10 Å². The van der Waals surface area contributed by atoms with E-state index in [2.05, 4.69) is 4.74 Å². The number of carbonyl (C=O) groups is 1. The molecule has 100 valence electrons. The first-order chi connectivity index (χ1) is 8.38. The van der Waals surface area contributed by atoms with Crippen LogP contribution in [0.2, 0.25) is 0 Å². The van der Waals surface area contributed by atoms with Gasteiger partial charge in [0.1, 0.15) is 5.82 Å². The van der Waals surface area contributed by atoms with Gasteiger partial charge < -0.3 is 9.84 Å². The number of alkyl halides is 2. The van der Waals surface area contributed by atoms with Crippen LogP contribution in [-0.2, 0) is 9.53 Å². The van der Waals surface area contributed by atoms with Crippen molar-refractivity contribution < 1.29 is 27.8 Å². The molecule has 0 aliphatic carbocycles. The topological polar surface area (TPSA) is 46.5 Å². The van der Waals surface area contributed by atoms with Crippen LogP contribution in [0.15, 0.2) is 12.1 Å². The number of esters is 1. The summed E-state index contributed by atoms with van der Waals surface area (Å²) in [7, 11) is 0. The number of hydrogen-bond acceptors (Lipinski definition) is 3. The second-order valence-corrected chi connectivity index (χ2v) is 3.69. The van der Waals surface area contributed by atoms with Crippen LogP contribution in [0, 0.1) is 12.7 Å². The molecule has 1 unspecified atom stereocenters. The van der Waals surface area contributed by atoms with Crippen molar-refractivity contribution in [3.63, 3.8) is 0 Å². The van der Waals surface area contributed by atoms with Gasteiger partial charge in [-0.2, -0.15) is 0 Å². The first-order valence-corrected chi connectivity index (χ1v) is 5.31. The van der Waals surface area contributed by atoms with Crippen molar-refractivity contribution in [2.75, 3.05) is 6.61 Å². The van der Waals surface area contributed by atoms with Gasteiger partial charge in [-0.15, -0.1) is 0 Å². The van der Waals surface area contributed by atoms with Crippen molar-refractivity contribution in [2.45, 2.75) is 26.4 Å². The van der Waals surface area contributed by atoms with E-state index in [1.165, 1.54) is 6.92 Å². The quantitative estimate of drug-likeness (QED) is 0.848. The molecule has 1 rings (SSSR count). The average molecular weight is 262 g/mol. The van der Waals surface area contributed by atoms with E-state index in [-0.39, 0.29) is 17.7 Å². The van der Waals surface area contributed by atoms with Gasteiger partial charge in [0, 0.05) is 0 Å². The van der Waals surface area contributed by atoms with Crippen LogP contribution in [0.25, 0.3) is 0 Å². The summed E-state index contributed by atoms with van der Waals surface area (Å²) in [4.78, 5) is 11.2. The summed E-state index contributed by atoms with van der Waals surface area (Å²) in [5, 5.41) is 9.57. The van der Waals surface area contributed by atoms with Crippen molar-refractivity contribution in [3.05, 3.63) is 34.6 Å².